The van der Waals surface area contributed by atoms with Crippen LogP contribution in [0.15, 0.2) is 27.1 Å². The molecule has 1 saturated heterocycles. The highest BCUT2D eigenvalue weighted by Crippen LogP contribution is 2.22. The van der Waals surface area contributed by atoms with E-state index in [1.807, 2.05) is 23.1 Å². The molecule has 0 spiro atoms. The quantitative estimate of drug-likeness (QED) is 0.774. The number of piperazine rings is 1. The van der Waals surface area contributed by atoms with E-state index in [9.17, 15) is 4.79 Å². The number of likely N-dealkylation sites (N-methyl/N-ethyl adjacent to an activating group) is 1. The number of nitrogens with zero attached hydrogens (tertiary/aromatic N) is 2. The van der Waals surface area contributed by atoms with Crippen LogP contribution in [-0.4, -0.2) is 47.9 Å². The Balaban J connectivity index is 2.12. The monoisotopic (exact) mass is 388 g/mol. The molecule has 1 fully saturated rings. The molecule has 1 aliphatic heterocycles. The zero-order chi connectivity index (χ0) is 14.0. The molecule has 19 heavy (non-hydrogen) atoms. The van der Waals surface area contributed by atoms with E-state index in [2.05, 4.69) is 50.6 Å². The largest absolute Gasteiger partial charge is 0.336 e. The van der Waals surface area contributed by atoms with Gasteiger partial charge in [-0.2, -0.15) is 0 Å². The van der Waals surface area contributed by atoms with E-state index in [0.29, 0.717) is 6.04 Å². The first-order valence-electron chi connectivity index (χ1n) is 6.50. The van der Waals surface area contributed by atoms with Crippen LogP contribution in [0, 0.1) is 0 Å². The zero-order valence-electron chi connectivity index (χ0n) is 11.2. The van der Waals surface area contributed by atoms with Crippen LogP contribution in [0.25, 0.3) is 0 Å². The average molecular weight is 390 g/mol. The Labute approximate surface area is 131 Å². The summed E-state index contributed by atoms with van der Waals surface area (Å²) in [6.07, 6.45) is 0. The van der Waals surface area contributed by atoms with Crippen molar-refractivity contribution in [2.75, 3.05) is 26.2 Å². The summed E-state index contributed by atoms with van der Waals surface area (Å²) in [7, 11) is 0. The molecule has 104 valence electrons. The Hall–Kier alpha value is -0.390. The van der Waals surface area contributed by atoms with Gasteiger partial charge in [-0.25, -0.2) is 0 Å². The lowest BCUT2D eigenvalue weighted by Crippen LogP contribution is -2.53. The molecule has 1 aromatic rings. The third-order valence-electron chi connectivity index (χ3n) is 3.57. The Morgan fingerprint density at radius 2 is 1.89 bits per heavy atom. The summed E-state index contributed by atoms with van der Waals surface area (Å²) in [5, 5.41) is 0. The smallest absolute Gasteiger partial charge is 0.254 e. The lowest BCUT2D eigenvalue weighted by molar-refractivity contribution is 0.0528. The molecular weight excluding hydrogens is 372 g/mol. The van der Waals surface area contributed by atoms with Gasteiger partial charge in [-0.3, -0.25) is 9.69 Å². The second-order valence-corrected chi connectivity index (χ2v) is 6.72. The van der Waals surface area contributed by atoms with Crippen molar-refractivity contribution in [3.63, 3.8) is 0 Å². The minimum Gasteiger partial charge on any atom is -0.336 e. The predicted molar refractivity (Wildman–Crippen MR) is 84.5 cm³/mol. The third-order valence-corrected chi connectivity index (χ3v) is 4.48. The molecule has 1 aromatic carbocycles. The molecule has 2 rings (SSSR count). The van der Waals surface area contributed by atoms with Crippen LogP contribution < -0.4 is 0 Å². The van der Waals surface area contributed by atoms with Crippen LogP contribution in [0.2, 0.25) is 0 Å². The molecule has 0 bridgehead atoms. The van der Waals surface area contributed by atoms with Gasteiger partial charge in [0.1, 0.15) is 0 Å². The third kappa shape index (κ3) is 3.58. The highest BCUT2D eigenvalue weighted by molar-refractivity contribution is 9.11. The van der Waals surface area contributed by atoms with Crippen molar-refractivity contribution in [3.8, 4) is 0 Å². The lowest BCUT2D eigenvalue weighted by Gasteiger charge is -2.39. The van der Waals surface area contributed by atoms with Crippen LogP contribution >= 0.6 is 31.9 Å². The molecule has 1 amide bonds. The average Bonchev–Trinajstić information content (AvgIpc) is 2.36. The normalized spacial score (nSPS) is 20.6. The van der Waals surface area contributed by atoms with Gasteiger partial charge >= 0.3 is 0 Å². The molecule has 1 atom stereocenters. The summed E-state index contributed by atoms with van der Waals surface area (Å²) in [5.74, 6) is 0.115. The number of carbonyl (C=O) groups excluding carboxylic acids is 1. The fourth-order valence-corrected chi connectivity index (χ4v) is 3.80. The van der Waals surface area contributed by atoms with E-state index in [4.69, 9.17) is 0 Å². The first-order valence-corrected chi connectivity index (χ1v) is 8.09. The predicted octanol–water partition coefficient (Wildman–Crippen LogP) is 3.38. The molecule has 3 nitrogen and oxygen atoms in total. The van der Waals surface area contributed by atoms with Gasteiger partial charge in [0.05, 0.1) is 0 Å². The standard InChI is InChI=1S/C14H18Br2N2O/c1-3-17-4-5-18(9-10(17)2)14(19)11-6-12(15)8-13(16)7-11/h6-8,10H,3-5,9H2,1-2H3. The van der Waals surface area contributed by atoms with Crippen molar-refractivity contribution in [1.29, 1.82) is 0 Å². The van der Waals surface area contributed by atoms with Gasteiger partial charge in [0.25, 0.3) is 5.91 Å². The van der Waals surface area contributed by atoms with E-state index in [1.54, 1.807) is 0 Å². The molecule has 0 aromatic heterocycles. The summed E-state index contributed by atoms with van der Waals surface area (Å²) in [4.78, 5) is 16.9. The maximum Gasteiger partial charge on any atom is 0.254 e. The van der Waals surface area contributed by atoms with Crippen molar-refractivity contribution in [2.45, 2.75) is 19.9 Å². The number of benzene rings is 1. The highest BCUT2D eigenvalue weighted by atomic mass is 79.9. The fourth-order valence-electron chi connectivity index (χ4n) is 2.51. The second kappa shape index (κ2) is 6.37. The SMILES string of the molecule is CCN1CCN(C(=O)c2cc(Br)cc(Br)c2)CC1C. The number of hydrogen-bond donors (Lipinski definition) is 0. The van der Waals surface area contributed by atoms with Crippen molar-refractivity contribution >= 4 is 37.8 Å². The van der Waals surface area contributed by atoms with Gasteiger partial charge in [-0.15, -0.1) is 0 Å². The molecular formula is C14H18Br2N2O. The summed E-state index contributed by atoms with van der Waals surface area (Å²) >= 11 is 6.86. The number of amides is 1. The Morgan fingerprint density at radius 3 is 2.42 bits per heavy atom. The molecule has 5 heteroatoms. The van der Waals surface area contributed by atoms with Crippen LogP contribution in [0.5, 0.6) is 0 Å². The molecule has 1 heterocycles. The van der Waals surface area contributed by atoms with Gasteiger partial charge in [-0.05, 0) is 31.7 Å². The number of hydrogen-bond acceptors (Lipinski definition) is 2. The molecule has 0 saturated carbocycles. The fraction of sp³-hybridized carbons (Fsp3) is 0.500. The number of rotatable bonds is 2. The van der Waals surface area contributed by atoms with Crippen LogP contribution in [-0.2, 0) is 0 Å². The first-order chi connectivity index (χ1) is 9.01. The summed E-state index contributed by atoms with van der Waals surface area (Å²) in [6, 6.07) is 6.13. The van der Waals surface area contributed by atoms with E-state index in [-0.39, 0.29) is 5.91 Å². The van der Waals surface area contributed by atoms with Gasteiger partial charge in [0, 0.05) is 40.2 Å². The van der Waals surface area contributed by atoms with Crippen LogP contribution in [0.1, 0.15) is 24.2 Å². The van der Waals surface area contributed by atoms with Gasteiger partial charge in [-0.1, -0.05) is 38.8 Å². The van der Waals surface area contributed by atoms with E-state index in [0.717, 1.165) is 40.7 Å². The molecule has 1 unspecified atom stereocenters. The van der Waals surface area contributed by atoms with Crippen molar-refractivity contribution in [2.24, 2.45) is 0 Å². The van der Waals surface area contributed by atoms with Crippen LogP contribution in [0.4, 0.5) is 0 Å². The summed E-state index contributed by atoms with van der Waals surface area (Å²) < 4.78 is 1.84. The van der Waals surface area contributed by atoms with Crippen molar-refractivity contribution in [3.05, 3.63) is 32.7 Å². The van der Waals surface area contributed by atoms with Gasteiger partial charge in [0.15, 0.2) is 0 Å². The van der Waals surface area contributed by atoms with E-state index < -0.39 is 0 Å². The minimum atomic E-state index is 0.115. The maximum atomic E-state index is 12.5. The Kier molecular flexibility index (Phi) is 5.03. The first kappa shape index (κ1) is 15.0. The second-order valence-electron chi connectivity index (χ2n) is 4.89. The number of halogens is 2. The molecule has 0 radical (unpaired) electrons. The maximum absolute atomic E-state index is 12.5. The Morgan fingerprint density at radius 1 is 1.26 bits per heavy atom. The topological polar surface area (TPSA) is 23.6 Å². The van der Waals surface area contributed by atoms with E-state index in [1.165, 1.54) is 0 Å². The number of carbonyl (C=O) groups is 1. The highest BCUT2D eigenvalue weighted by Gasteiger charge is 2.26. The van der Waals surface area contributed by atoms with Crippen molar-refractivity contribution in [1.82, 2.24) is 9.80 Å². The molecule has 0 aliphatic carbocycles. The minimum absolute atomic E-state index is 0.115. The van der Waals surface area contributed by atoms with Gasteiger partial charge in [0.2, 0.25) is 0 Å². The lowest BCUT2D eigenvalue weighted by atomic mass is 10.1. The summed E-state index contributed by atoms with van der Waals surface area (Å²) in [5.41, 5.74) is 0.735. The molecule has 0 N–H and O–H groups in total. The molecule has 1 aliphatic rings. The van der Waals surface area contributed by atoms with Crippen molar-refractivity contribution < 1.29 is 4.79 Å². The van der Waals surface area contributed by atoms with E-state index >= 15 is 0 Å². The summed E-state index contributed by atoms with van der Waals surface area (Å²) in [6.45, 7) is 7.96. The zero-order valence-corrected chi connectivity index (χ0v) is 14.4. The van der Waals surface area contributed by atoms with Gasteiger partial charge < -0.3 is 4.90 Å². The Bertz CT molecular complexity index is 458. The van der Waals surface area contributed by atoms with Crippen LogP contribution in [0.3, 0.4) is 0 Å².